The molecule has 0 saturated carbocycles. The second-order valence-corrected chi connectivity index (χ2v) is 6.61. The van der Waals surface area contributed by atoms with Crippen molar-refractivity contribution in [2.45, 2.75) is 32.6 Å². The van der Waals surface area contributed by atoms with Gasteiger partial charge in [0.2, 0.25) is 5.91 Å². The molecule has 1 heterocycles. The lowest BCUT2D eigenvalue weighted by atomic mass is 10.1. The lowest BCUT2D eigenvalue weighted by molar-refractivity contribution is -0.116. The van der Waals surface area contributed by atoms with Crippen LogP contribution in [0.5, 0.6) is 0 Å². The molecule has 2 aromatic rings. The Morgan fingerprint density at radius 2 is 1.60 bits per heavy atom. The smallest absolute Gasteiger partial charge is 0.253 e. The third-order valence-electron chi connectivity index (χ3n) is 4.57. The van der Waals surface area contributed by atoms with E-state index < -0.39 is 0 Å². The Balaban J connectivity index is 1.51. The Morgan fingerprint density at radius 3 is 2.24 bits per heavy atom. The first-order valence-corrected chi connectivity index (χ1v) is 8.86. The summed E-state index contributed by atoms with van der Waals surface area (Å²) < 4.78 is 0. The number of hydrogen-bond donors (Lipinski definition) is 1. The van der Waals surface area contributed by atoms with Gasteiger partial charge in [-0.15, -0.1) is 0 Å². The third-order valence-corrected chi connectivity index (χ3v) is 4.57. The van der Waals surface area contributed by atoms with Gasteiger partial charge in [0.15, 0.2) is 0 Å². The van der Waals surface area contributed by atoms with E-state index in [4.69, 9.17) is 0 Å². The molecule has 2 aromatic carbocycles. The molecule has 0 bridgehead atoms. The summed E-state index contributed by atoms with van der Waals surface area (Å²) in [7, 11) is 0. The number of rotatable bonds is 5. The highest BCUT2D eigenvalue weighted by atomic mass is 16.2. The molecule has 0 aromatic heterocycles. The predicted molar refractivity (Wildman–Crippen MR) is 99.7 cm³/mol. The third kappa shape index (κ3) is 4.69. The van der Waals surface area contributed by atoms with Crippen molar-refractivity contribution in [3.63, 3.8) is 0 Å². The van der Waals surface area contributed by atoms with Crippen molar-refractivity contribution in [3.05, 3.63) is 65.2 Å². The van der Waals surface area contributed by atoms with Gasteiger partial charge in [-0.25, -0.2) is 0 Å². The first-order valence-electron chi connectivity index (χ1n) is 8.86. The van der Waals surface area contributed by atoms with Crippen LogP contribution in [0.2, 0.25) is 0 Å². The standard InChI is InChI=1S/C21H24N2O2/c1-16-4-6-17(7-5-16)8-13-20(24)22-19-11-9-18(10-12-19)21(25)23-14-2-3-15-23/h4-7,9-12H,2-3,8,13-15H2,1H3,(H,22,24). The number of nitrogens with zero attached hydrogens (tertiary/aromatic N) is 1. The Kier molecular flexibility index (Phi) is 5.49. The van der Waals surface area contributed by atoms with Gasteiger partial charge in [-0.2, -0.15) is 0 Å². The Bertz CT molecular complexity index is 729. The number of amides is 2. The Labute approximate surface area is 148 Å². The van der Waals surface area contributed by atoms with Gasteiger partial charge in [0.25, 0.3) is 5.91 Å². The second-order valence-electron chi connectivity index (χ2n) is 6.61. The molecule has 1 aliphatic heterocycles. The molecule has 0 unspecified atom stereocenters. The number of aryl methyl sites for hydroxylation is 2. The van der Waals surface area contributed by atoms with Crippen molar-refractivity contribution in [1.29, 1.82) is 0 Å². The van der Waals surface area contributed by atoms with Gasteiger partial charge in [0, 0.05) is 30.8 Å². The lowest BCUT2D eigenvalue weighted by Crippen LogP contribution is -2.27. The van der Waals surface area contributed by atoms with E-state index in [0.29, 0.717) is 12.0 Å². The monoisotopic (exact) mass is 336 g/mol. The first kappa shape index (κ1) is 17.2. The summed E-state index contributed by atoms with van der Waals surface area (Å²) in [6.45, 7) is 3.74. The van der Waals surface area contributed by atoms with E-state index in [1.807, 2.05) is 4.90 Å². The molecule has 130 valence electrons. The minimum Gasteiger partial charge on any atom is -0.339 e. The predicted octanol–water partition coefficient (Wildman–Crippen LogP) is 3.80. The summed E-state index contributed by atoms with van der Waals surface area (Å²) in [5.74, 6) is 0.0638. The topological polar surface area (TPSA) is 49.4 Å². The van der Waals surface area contributed by atoms with Crippen molar-refractivity contribution in [3.8, 4) is 0 Å². The van der Waals surface area contributed by atoms with E-state index >= 15 is 0 Å². The molecular formula is C21H24N2O2. The molecule has 1 N–H and O–H groups in total. The average Bonchev–Trinajstić information content (AvgIpc) is 3.16. The van der Waals surface area contributed by atoms with Crippen LogP contribution >= 0.6 is 0 Å². The molecule has 25 heavy (non-hydrogen) atoms. The van der Waals surface area contributed by atoms with Gasteiger partial charge < -0.3 is 10.2 Å². The van der Waals surface area contributed by atoms with Crippen LogP contribution in [-0.4, -0.2) is 29.8 Å². The highest BCUT2D eigenvalue weighted by Crippen LogP contribution is 2.16. The van der Waals surface area contributed by atoms with Crippen LogP contribution in [-0.2, 0) is 11.2 Å². The van der Waals surface area contributed by atoms with Crippen molar-refractivity contribution in [2.24, 2.45) is 0 Å². The van der Waals surface area contributed by atoms with E-state index in [-0.39, 0.29) is 11.8 Å². The number of nitrogens with one attached hydrogen (secondary N) is 1. The quantitative estimate of drug-likeness (QED) is 0.903. The molecular weight excluding hydrogens is 312 g/mol. The number of carbonyl (C=O) groups is 2. The fourth-order valence-corrected chi connectivity index (χ4v) is 3.04. The maximum absolute atomic E-state index is 12.3. The van der Waals surface area contributed by atoms with Gasteiger partial charge >= 0.3 is 0 Å². The van der Waals surface area contributed by atoms with Crippen molar-refractivity contribution in [2.75, 3.05) is 18.4 Å². The summed E-state index contributed by atoms with van der Waals surface area (Å²) in [5, 5.41) is 2.90. The maximum Gasteiger partial charge on any atom is 0.253 e. The van der Waals surface area contributed by atoms with Gasteiger partial charge in [-0.1, -0.05) is 29.8 Å². The highest BCUT2D eigenvalue weighted by molar-refractivity contribution is 5.96. The second kappa shape index (κ2) is 7.97. The molecule has 4 nitrogen and oxygen atoms in total. The van der Waals surface area contributed by atoms with Crippen LogP contribution in [0.25, 0.3) is 0 Å². The fourth-order valence-electron chi connectivity index (χ4n) is 3.04. The molecule has 0 aliphatic carbocycles. The minimum atomic E-state index is -0.0146. The largest absolute Gasteiger partial charge is 0.339 e. The molecule has 1 fully saturated rings. The zero-order valence-corrected chi connectivity index (χ0v) is 14.6. The minimum absolute atomic E-state index is 0.0146. The number of carbonyl (C=O) groups excluding carboxylic acids is 2. The van der Waals surface area contributed by atoms with Crippen molar-refractivity contribution in [1.82, 2.24) is 4.90 Å². The van der Waals surface area contributed by atoms with E-state index in [1.165, 1.54) is 5.56 Å². The summed E-state index contributed by atoms with van der Waals surface area (Å²) in [6, 6.07) is 15.4. The zero-order valence-electron chi connectivity index (χ0n) is 14.6. The van der Waals surface area contributed by atoms with Crippen molar-refractivity contribution < 1.29 is 9.59 Å². The first-order chi connectivity index (χ1) is 12.1. The van der Waals surface area contributed by atoms with Crippen LogP contribution in [0.3, 0.4) is 0 Å². The molecule has 0 radical (unpaired) electrons. The summed E-state index contributed by atoms with van der Waals surface area (Å²) in [5.41, 5.74) is 3.79. The van der Waals surface area contributed by atoms with Crippen LogP contribution < -0.4 is 5.32 Å². The van der Waals surface area contributed by atoms with E-state index in [2.05, 4.69) is 36.5 Å². The molecule has 1 aliphatic rings. The SMILES string of the molecule is Cc1ccc(CCC(=O)Nc2ccc(C(=O)N3CCCC3)cc2)cc1. The number of benzene rings is 2. The number of anilines is 1. The molecule has 3 rings (SSSR count). The fraction of sp³-hybridized carbons (Fsp3) is 0.333. The summed E-state index contributed by atoms with van der Waals surface area (Å²) in [6.07, 6.45) is 3.33. The summed E-state index contributed by atoms with van der Waals surface area (Å²) >= 11 is 0. The Hall–Kier alpha value is -2.62. The number of hydrogen-bond acceptors (Lipinski definition) is 2. The van der Waals surface area contributed by atoms with Gasteiger partial charge in [0.1, 0.15) is 0 Å². The zero-order chi connectivity index (χ0) is 17.6. The molecule has 0 spiro atoms. The van der Waals surface area contributed by atoms with Crippen LogP contribution in [0.15, 0.2) is 48.5 Å². The highest BCUT2D eigenvalue weighted by Gasteiger charge is 2.19. The van der Waals surface area contributed by atoms with Gasteiger partial charge in [-0.3, -0.25) is 9.59 Å². The van der Waals surface area contributed by atoms with E-state index in [0.717, 1.165) is 43.6 Å². The molecule has 0 atom stereocenters. The average molecular weight is 336 g/mol. The van der Waals surface area contributed by atoms with Crippen LogP contribution in [0, 0.1) is 6.92 Å². The van der Waals surface area contributed by atoms with Gasteiger partial charge in [0.05, 0.1) is 0 Å². The van der Waals surface area contributed by atoms with Gasteiger partial charge in [-0.05, 0) is 56.0 Å². The lowest BCUT2D eigenvalue weighted by Gasteiger charge is -2.15. The normalized spacial score (nSPS) is 13.7. The van der Waals surface area contributed by atoms with Crippen molar-refractivity contribution >= 4 is 17.5 Å². The van der Waals surface area contributed by atoms with Crippen LogP contribution in [0.4, 0.5) is 5.69 Å². The van der Waals surface area contributed by atoms with Crippen LogP contribution in [0.1, 0.15) is 40.7 Å². The molecule has 1 saturated heterocycles. The van der Waals surface area contributed by atoms with E-state index in [9.17, 15) is 9.59 Å². The summed E-state index contributed by atoms with van der Waals surface area (Å²) in [4.78, 5) is 26.3. The van der Waals surface area contributed by atoms with E-state index in [1.54, 1.807) is 24.3 Å². The number of likely N-dealkylation sites (tertiary alicyclic amines) is 1. The maximum atomic E-state index is 12.3. The Morgan fingerprint density at radius 1 is 0.960 bits per heavy atom. The molecule has 2 amide bonds. The molecule has 4 heteroatoms.